The summed E-state index contributed by atoms with van der Waals surface area (Å²) in [6, 6.07) is 10.4. The van der Waals surface area contributed by atoms with Gasteiger partial charge in [-0.2, -0.15) is 0 Å². The number of rotatable bonds is 2. The van der Waals surface area contributed by atoms with Crippen molar-refractivity contribution in [2.45, 2.75) is 31.6 Å². The largest absolute Gasteiger partial charge is 0.466 e. The number of hydrogen-bond acceptors (Lipinski definition) is 2. The topological polar surface area (TPSA) is 26.3 Å². The van der Waals surface area contributed by atoms with Gasteiger partial charge in [0.1, 0.15) is 0 Å². The van der Waals surface area contributed by atoms with Crippen molar-refractivity contribution < 1.29 is 9.53 Å². The lowest BCUT2D eigenvalue weighted by atomic mass is 9.79. The Labute approximate surface area is 102 Å². The fourth-order valence-electron chi connectivity index (χ4n) is 2.49. The molecule has 90 valence electrons. The van der Waals surface area contributed by atoms with Gasteiger partial charge in [-0.1, -0.05) is 42.3 Å². The van der Waals surface area contributed by atoms with E-state index in [2.05, 4.69) is 24.3 Å². The van der Waals surface area contributed by atoms with E-state index < -0.39 is 0 Å². The Bertz CT molecular complexity index is 406. The first-order chi connectivity index (χ1) is 8.31. The molecule has 0 bridgehead atoms. The van der Waals surface area contributed by atoms with Crippen LogP contribution in [-0.2, 0) is 9.53 Å². The average molecular weight is 230 g/mol. The highest BCUT2D eigenvalue weighted by Crippen LogP contribution is 2.37. The normalized spacial score (nSPS) is 22.4. The van der Waals surface area contributed by atoms with Gasteiger partial charge in [-0.15, -0.1) is 0 Å². The SMILES string of the molecule is COC(=O)/C=C1/CCCCC1c1ccccc1. The highest BCUT2D eigenvalue weighted by atomic mass is 16.5. The van der Waals surface area contributed by atoms with Gasteiger partial charge in [0.2, 0.25) is 0 Å². The molecule has 17 heavy (non-hydrogen) atoms. The zero-order valence-electron chi connectivity index (χ0n) is 10.2. The maximum atomic E-state index is 11.4. The summed E-state index contributed by atoms with van der Waals surface area (Å²) < 4.78 is 4.72. The number of hydrogen-bond donors (Lipinski definition) is 0. The maximum absolute atomic E-state index is 11.4. The molecule has 2 rings (SSSR count). The number of carbonyl (C=O) groups excluding carboxylic acids is 1. The lowest BCUT2D eigenvalue weighted by Gasteiger charge is -2.25. The number of carbonyl (C=O) groups is 1. The van der Waals surface area contributed by atoms with Crippen LogP contribution in [0.5, 0.6) is 0 Å². The molecule has 0 saturated heterocycles. The number of ether oxygens (including phenoxy) is 1. The molecule has 1 unspecified atom stereocenters. The minimum absolute atomic E-state index is 0.233. The predicted molar refractivity (Wildman–Crippen MR) is 67.8 cm³/mol. The van der Waals surface area contributed by atoms with Crippen molar-refractivity contribution in [3.63, 3.8) is 0 Å². The molecule has 2 nitrogen and oxygen atoms in total. The fraction of sp³-hybridized carbons (Fsp3) is 0.400. The van der Waals surface area contributed by atoms with Gasteiger partial charge in [0, 0.05) is 12.0 Å². The first-order valence-corrected chi connectivity index (χ1v) is 6.14. The van der Waals surface area contributed by atoms with E-state index in [4.69, 9.17) is 4.74 Å². The second-order valence-electron chi connectivity index (χ2n) is 4.45. The molecule has 0 aromatic heterocycles. The van der Waals surface area contributed by atoms with Crippen molar-refractivity contribution in [1.82, 2.24) is 0 Å². The highest BCUT2D eigenvalue weighted by molar-refractivity contribution is 5.83. The minimum Gasteiger partial charge on any atom is -0.466 e. The third kappa shape index (κ3) is 2.96. The van der Waals surface area contributed by atoms with Gasteiger partial charge < -0.3 is 4.74 Å². The summed E-state index contributed by atoms with van der Waals surface area (Å²) in [6.45, 7) is 0. The van der Waals surface area contributed by atoms with Crippen molar-refractivity contribution in [2.24, 2.45) is 0 Å². The third-order valence-electron chi connectivity index (χ3n) is 3.36. The Morgan fingerprint density at radius 3 is 2.76 bits per heavy atom. The molecule has 0 radical (unpaired) electrons. The van der Waals surface area contributed by atoms with E-state index in [1.807, 2.05) is 6.07 Å². The smallest absolute Gasteiger partial charge is 0.330 e. The molecule has 1 aliphatic carbocycles. The van der Waals surface area contributed by atoms with Crippen LogP contribution in [0.2, 0.25) is 0 Å². The van der Waals surface area contributed by atoms with Crippen LogP contribution in [0.25, 0.3) is 0 Å². The summed E-state index contributed by atoms with van der Waals surface area (Å²) in [5.41, 5.74) is 2.52. The molecule has 1 fully saturated rings. The van der Waals surface area contributed by atoms with Crippen LogP contribution in [0.15, 0.2) is 42.0 Å². The van der Waals surface area contributed by atoms with E-state index in [9.17, 15) is 4.79 Å². The molecule has 1 aromatic carbocycles. The third-order valence-corrected chi connectivity index (χ3v) is 3.36. The molecule has 1 saturated carbocycles. The average Bonchev–Trinajstić information content (AvgIpc) is 2.40. The zero-order valence-corrected chi connectivity index (χ0v) is 10.2. The lowest BCUT2D eigenvalue weighted by Crippen LogP contribution is -2.10. The first kappa shape index (κ1) is 11.9. The van der Waals surface area contributed by atoms with Crippen molar-refractivity contribution >= 4 is 5.97 Å². The molecule has 1 aliphatic rings. The molecular weight excluding hydrogens is 212 g/mol. The van der Waals surface area contributed by atoms with Crippen LogP contribution in [0.4, 0.5) is 0 Å². The van der Waals surface area contributed by atoms with Crippen LogP contribution in [0.3, 0.4) is 0 Å². The van der Waals surface area contributed by atoms with Crippen molar-refractivity contribution in [1.29, 1.82) is 0 Å². The summed E-state index contributed by atoms with van der Waals surface area (Å²) in [6.07, 6.45) is 6.22. The van der Waals surface area contributed by atoms with Gasteiger partial charge in [-0.25, -0.2) is 4.79 Å². The summed E-state index contributed by atoms with van der Waals surface area (Å²) in [4.78, 5) is 11.4. The van der Waals surface area contributed by atoms with Crippen LogP contribution in [0, 0.1) is 0 Å². The van der Waals surface area contributed by atoms with Crippen LogP contribution in [0.1, 0.15) is 37.2 Å². The summed E-state index contributed by atoms with van der Waals surface area (Å²) in [5, 5.41) is 0. The Hall–Kier alpha value is -1.57. The van der Waals surface area contributed by atoms with Gasteiger partial charge >= 0.3 is 5.97 Å². The number of allylic oxidation sites excluding steroid dienone is 1. The highest BCUT2D eigenvalue weighted by Gasteiger charge is 2.21. The maximum Gasteiger partial charge on any atom is 0.330 e. The van der Waals surface area contributed by atoms with E-state index in [0.717, 1.165) is 12.8 Å². The fourth-order valence-corrected chi connectivity index (χ4v) is 2.49. The molecule has 2 heteroatoms. The number of esters is 1. The van der Waals surface area contributed by atoms with Crippen LogP contribution < -0.4 is 0 Å². The first-order valence-electron chi connectivity index (χ1n) is 6.14. The Kier molecular flexibility index (Phi) is 3.97. The van der Waals surface area contributed by atoms with Crippen molar-refractivity contribution in [3.8, 4) is 0 Å². The van der Waals surface area contributed by atoms with E-state index in [1.165, 1.54) is 31.1 Å². The molecule has 0 aliphatic heterocycles. The van der Waals surface area contributed by atoms with Crippen LogP contribution >= 0.6 is 0 Å². The second-order valence-corrected chi connectivity index (χ2v) is 4.45. The van der Waals surface area contributed by atoms with E-state index in [0.29, 0.717) is 5.92 Å². The van der Waals surface area contributed by atoms with Gasteiger partial charge in [0.15, 0.2) is 0 Å². The van der Waals surface area contributed by atoms with Gasteiger partial charge in [0.05, 0.1) is 7.11 Å². The van der Waals surface area contributed by atoms with E-state index in [-0.39, 0.29) is 5.97 Å². The minimum atomic E-state index is -0.233. The van der Waals surface area contributed by atoms with E-state index >= 15 is 0 Å². The quantitative estimate of drug-likeness (QED) is 0.574. The standard InChI is InChI=1S/C15H18O2/c1-17-15(16)11-13-9-5-6-10-14(13)12-7-3-2-4-8-12/h2-4,7-8,11,14H,5-6,9-10H2,1H3/b13-11-. The van der Waals surface area contributed by atoms with Gasteiger partial charge in [-0.3, -0.25) is 0 Å². The molecular formula is C15H18O2. The molecule has 0 amide bonds. The molecule has 1 aromatic rings. The summed E-state index contributed by atoms with van der Waals surface area (Å²) >= 11 is 0. The number of benzene rings is 1. The molecule has 1 atom stereocenters. The number of methoxy groups -OCH3 is 1. The Balaban J connectivity index is 2.24. The predicted octanol–water partition coefficient (Wildman–Crippen LogP) is 3.44. The molecule has 0 N–H and O–H groups in total. The van der Waals surface area contributed by atoms with Gasteiger partial charge in [0.25, 0.3) is 0 Å². The monoisotopic (exact) mass is 230 g/mol. The van der Waals surface area contributed by atoms with Crippen LogP contribution in [-0.4, -0.2) is 13.1 Å². The lowest BCUT2D eigenvalue weighted by molar-refractivity contribution is -0.134. The van der Waals surface area contributed by atoms with E-state index in [1.54, 1.807) is 6.08 Å². The zero-order chi connectivity index (χ0) is 12.1. The summed E-state index contributed by atoms with van der Waals surface area (Å²) in [7, 11) is 1.43. The summed E-state index contributed by atoms with van der Waals surface area (Å²) in [5.74, 6) is 0.159. The van der Waals surface area contributed by atoms with Gasteiger partial charge in [-0.05, 0) is 24.8 Å². The van der Waals surface area contributed by atoms with Crippen molar-refractivity contribution in [3.05, 3.63) is 47.5 Å². The molecule has 0 heterocycles. The Morgan fingerprint density at radius 1 is 1.29 bits per heavy atom. The Morgan fingerprint density at radius 2 is 2.06 bits per heavy atom. The van der Waals surface area contributed by atoms with Crippen molar-refractivity contribution in [2.75, 3.05) is 7.11 Å². The second kappa shape index (κ2) is 5.67. The molecule has 0 spiro atoms.